The molecule has 2 amide bonds. The Morgan fingerprint density at radius 1 is 1.02 bits per heavy atom. The summed E-state index contributed by atoms with van der Waals surface area (Å²) in [7, 11) is 0. The number of benzene rings is 3. The van der Waals surface area contributed by atoms with Crippen molar-refractivity contribution in [3.63, 3.8) is 0 Å². The Hall–Kier alpha value is -5.88. The fourth-order valence-corrected chi connectivity index (χ4v) is 8.50. The zero-order valence-corrected chi connectivity index (χ0v) is 27.7. The first-order valence-corrected chi connectivity index (χ1v) is 17.3. The number of anilines is 1. The van der Waals surface area contributed by atoms with E-state index in [1.165, 1.54) is 0 Å². The second-order valence-electron chi connectivity index (χ2n) is 14.7. The van der Waals surface area contributed by atoms with Crippen molar-refractivity contribution in [1.29, 1.82) is 0 Å². The number of para-hydroxylation sites is 1. The lowest BCUT2D eigenvalue weighted by atomic mass is 9.72. The van der Waals surface area contributed by atoms with Crippen molar-refractivity contribution in [3.8, 4) is 39.8 Å². The van der Waals surface area contributed by atoms with Crippen LogP contribution in [0.5, 0.6) is 5.75 Å². The van der Waals surface area contributed by atoms with Crippen molar-refractivity contribution in [1.82, 2.24) is 25.6 Å². The zero-order valence-electron chi connectivity index (χ0n) is 27.7. The Morgan fingerprint density at radius 2 is 1.86 bits per heavy atom. The summed E-state index contributed by atoms with van der Waals surface area (Å²) in [6.07, 6.45) is 3.93. The maximum absolute atomic E-state index is 14.1. The molecule has 12 nitrogen and oxygen atoms in total. The first kappa shape index (κ1) is 28.9. The van der Waals surface area contributed by atoms with Gasteiger partial charge in [0.05, 0.1) is 6.20 Å². The van der Waals surface area contributed by atoms with Gasteiger partial charge < -0.3 is 39.6 Å². The van der Waals surface area contributed by atoms with Crippen LogP contribution in [0, 0.1) is 5.92 Å². The van der Waals surface area contributed by atoms with Crippen LogP contribution in [-0.4, -0.2) is 49.7 Å². The number of fused-ring (bicyclic) bond motifs is 7. The molecule has 5 N–H and O–H groups in total. The zero-order chi connectivity index (χ0) is 34.4. The summed E-state index contributed by atoms with van der Waals surface area (Å²) in [6.45, 7) is 3.94. The Labute approximate surface area is 290 Å². The molecule has 1 unspecified atom stereocenters. The number of amides is 2. The van der Waals surface area contributed by atoms with Gasteiger partial charge in [0, 0.05) is 51.5 Å². The highest BCUT2D eigenvalue weighted by Crippen LogP contribution is 2.61. The number of hydrogen-bond donors (Lipinski definition) is 5. The Balaban J connectivity index is 1.22. The van der Waals surface area contributed by atoms with E-state index in [1.807, 2.05) is 50.4 Å². The molecule has 12 heteroatoms. The summed E-state index contributed by atoms with van der Waals surface area (Å²) in [5, 5.41) is 21.4. The van der Waals surface area contributed by atoms with Crippen molar-refractivity contribution in [2.45, 2.75) is 62.4 Å². The fraction of sp³-hybridized carbons (Fsp3) is 0.282. The second-order valence-corrected chi connectivity index (χ2v) is 14.7. The Bertz CT molecular complexity index is 2510. The summed E-state index contributed by atoms with van der Waals surface area (Å²) < 4.78 is 20.4. The second kappa shape index (κ2) is 9.67. The standard InChI is InChI=1S/C39H32N6O6/c1-17(2)29-35-44-31-32(51-35)39-22-7-3-6-20(19-5-4-8-24-28(19)21(15-40-24)27-16-41-34(31)49-27)30(22)45-37(39)50-26-10-9-18(13-23(26)39)14-25(33(46)43-29)42-36(47)38(48)11-12-38/h3-10,13,15-17,25,29,37,40,45,48H,11-12,14H2,1-2H3,(H,42,47)(H,43,46)/t25-,29-,37-,39?/m0/s1. The summed E-state index contributed by atoms with van der Waals surface area (Å²) >= 11 is 0. The number of aliphatic hydroxyl groups is 1. The van der Waals surface area contributed by atoms with E-state index in [4.69, 9.17) is 23.5 Å². The predicted molar refractivity (Wildman–Crippen MR) is 185 cm³/mol. The predicted octanol–water partition coefficient (Wildman–Crippen LogP) is 5.32. The molecule has 7 heterocycles. The summed E-state index contributed by atoms with van der Waals surface area (Å²) in [5.74, 6) is 1.15. The van der Waals surface area contributed by atoms with E-state index < -0.39 is 41.1 Å². The van der Waals surface area contributed by atoms with E-state index in [0.29, 0.717) is 35.8 Å². The molecule has 5 aliphatic rings. The molecule has 51 heavy (non-hydrogen) atoms. The van der Waals surface area contributed by atoms with Gasteiger partial charge in [-0.25, -0.2) is 9.97 Å². The number of hydrogen-bond acceptors (Lipinski definition) is 9. The largest absolute Gasteiger partial charge is 0.469 e. The number of nitrogens with one attached hydrogen (secondary N) is 4. The van der Waals surface area contributed by atoms with Gasteiger partial charge >= 0.3 is 0 Å². The Kier molecular flexibility index (Phi) is 5.48. The third-order valence-electron chi connectivity index (χ3n) is 11.3. The highest BCUT2D eigenvalue weighted by Gasteiger charge is 2.62. The molecular weight excluding hydrogens is 648 g/mol. The molecule has 1 aliphatic carbocycles. The van der Waals surface area contributed by atoms with Crippen molar-refractivity contribution in [3.05, 3.63) is 95.3 Å². The molecule has 1 spiro atoms. The molecule has 254 valence electrons. The third-order valence-corrected chi connectivity index (χ3v) is 11.3. The van der Waals surface area contributed by atoms with Crippen molar-refractivity contribution >= 4 is 28.4 Å². The SMILES string of the molecule is CC(C)[C@@H]1NC(=O)[C@@H](NC(=O)C2(O)CC2)Cc2ccc3c(c2)C24c5cccc(c5N[C@H]2O3)-c2cccc3[nH]cc(c23)-c2cnc(o2)-c2nc1oc24. The Morgan fingerprint density at radius 3 is 2.71 bits per heavy atom. The van der Waals surface area contributed by atoms with Gasteiger partial charge in [-0.15, -0.1) is 0 Å². The molecule has 1 saturated carbocycles. The van der Waals surface area contributed by atoms with Gasteiger partial charge in [0.25, 0.3) is 5.91 Å². The van der Waals surface area contributed by atoms with Crippen molar-refractivity contribution < 1.29 is 28.3 Å². The van der Waals surface area contributed by atoms with Crippen molar-refractivity contribution in [2.24, 2.45) is 5.92 Å². The minimum atomic E-state index is -1.45. The molecular formula is C39H32N6O6. The normalized spacial score (nSPS) is 24.2. The van der Waals surface area contributed by atoms with Crippen LogP contribution < -0.4 is 20.7 Å². The van der Waals surface area contributed by atoms with E-state index in [-0.39, 0.29) is 24.1 Å². The lowest BCUT2D eigenvalue weighted by Gasteiger charge is -2.29. The molecule has 3 aromatic carbocycles. The molecule has 10 bridgehead atoms. The quantitative estimate of drug-likeness (QED) is 0.166. The highest BCUT2D eigenvalue weighted by molar-refractivity contribution is 6.07. The third kappa shape index (κ3) is 3.77. The van der Waals surface area contributed by atoms with E-state index in [1.54, 1.807) is 6.20 Å². The topological polar surface area (TPSA) is 168 Å². The lowest BCUT2D eigenvalue weighted by molar-refractivity contribution is -0.135. The van der Waals surface area contributed by atoms with Crippen LogP contribution in [0.25, 0.3) is 44.9 Å². The molecule has 0 radical (unpaired) electrons. The average Bonchev–Trinajstić information content (AvgIpc) is 3.65. The molecule has 1 fully saturated rings. The monoisotopic (exact) mass is 680 g/mol. The number of carbonyl (C=O) groups excluding carboxylic acids is 2. The van der Waals surface area contributed by atoms with Gasteiger partial charge in [-0.05, 0) is 42.0 Å². The van der Waals surface area contributed by atoms with Gasteiger partial charge in [-0.2, -0.15) is 0 Å². The van der Waals surface area contributed by atoms with Crippen LogP contribution in [0.2, 0.25) is 0 Å². The number of oxazole rings is 2. The molecule has 4 atom stereocenters. The number of ether oxygens (including phenoxy) is 1. The number of carbonyl (C=O) groups is 2. The maximum atomic E-state index is 14.1. The number of H-pyrrole nitrogens is 1. The number of aromatic nitrogens is 3. The molecule has 0 saturated heterocycles. The first-order valence-electron chi connectivity index (χ1n) is 17.3. The van der Waals surface area contributed by atoms with Gasteiger partial charge in [-0.1, -0.05) is 56.3 Å². The van der Waals surface area contributed by atoms with Crippen LogP contribution in [0.3, 0.4) is 0 Å². The van der Waals surface area contributed by atoms with E-state index in [2.05, 4.69) is 45.2 Å². The van der Waals surface area contributed by atoms with E-state index in [9.17, 15) is 14.7 Å². The molecule has 6 aromatic rings. The average molecular weight is 681 g/mol. The number of nitrogens with zero attached hydrogens (tertiary/aromatic N) is 2. The van der Waals surface area contributed by atoms with Crippen LogP contribution in [0.1, 0.15) is 61.1 Å². The van der Waals surface area contributed by atoms with Crippen molar-refractivity contribution in [2.75, 3.05) is 5.32 Å². The van der Waals surface area contributed by atoms with Gasteiger partial charge in [-0.3, -0.25) is 9.59 Å². The highest BCUT2D eigenvalue weighted by atomic mass is 16.5. The minimum Gasteiger partial charge on any atom is -0.469 e. The van der Waals surface area contributed by atoms with E-state index in [0.717, 1.165) is 50.0 Å². The summed E-state index contributed by atoms with van der Waals surface area (Å²) in [4.78, 5) is 40.5. The van der Waals surface area contributed by atoms with Gasteiger partial charge in [0.2, 0.25) is 17.7 Å². The molecule has 3 aromatic heterocycles. The summed E-state index contributed by atoms with van der Waals surface area (Å²) in [5.41, 5.74) is 5.22. The van der Waals surface area contributed by atoms with E-state index >= 15 is 0 Å². The fourth-order valence-electron chi connectivity index (χ4n) is 8.50. The minimum absolute atomic E-state index is 0.160. The number of rotatable bonds is 3. The van der Waals surface area contributed by atoms with Crippen LogP contribution in [-0.2, 0) is 21.4 Å². The summed E-state index contributed by atoms with van der Waals surface area (Å²) in [6, 6.07) is 16.7. The van der Waals surface area contributed by atoms with Crippen LogP contribution in [0.4, 0.5) is 5.69 Å². The molecule has 4 aliphatic heterocycles. The smallest absolute Gasteiger partial charge is 0.252 e. The van der Waals surface area contributed by atoms with Gasteiger partial charge in [0.15, 0.2) is 23.4 Å². The first-order chi connectivity index (χ1) is 24.7. The molecule has 11 rings (SSSR count). The lowest BCUT2D eigenvalue weighted by Crippen LogP contribution is -2.52. The van der Waals surface area contributed by atoms with Crippen LogP contribution in [0.15, 0.2) is 75.8 Å². The maximum Gasteiger partial charge on any atom is 0.252 e. The van der Waals surface area contributed by atoms with Crippen LogP contribution >= 0.6 is 0 Å². The van der Waals surface area contributed by atoms with Gasteiger partial charge in [0.1, 0.15) is 28.8 Å². The number of aromatic amines is 1.